The molecule has 0 fully saturated rings. The van der Waals surface area contributed by atoms with Crippen molar-refractivity contribution in [3.63, 3.8) is 0 Å². The molecule has 0 saturated heterocycles. The number of nitrogens with zero attached hydrogens (tertiary/aromatic N) is 5. The Labute approximate surface area is 162 Å². The van der Waals surface area contributed by atoms with Gasteiger partial charge in [0.2, 0.25) is 0 Å². The van der Waals surface area contributed by atoms with E-state index < -0.39 is 17.3 Å². The minimum atomic E-state index is -4.52. The summed E-state index contributed by atoms with van der Waals surface area (Å²) in [6.45, 7) is 5.95. The smallest absolute Gasteiger partial charge is 0.350 e. The molecule has 7 nitrogen and oxygen atoms in total. The Balaban J connectivity index is 1.89. The Hall–Kier alpha value is -2.88. The van der Waals surface area contributed by atoms with Gasteiger partial charge in [0, 0.05) is 12.4 Å². The van der Waals surface area contributed by atoms with Crippen LogP contribution in [0, 0.1) is 0 Å². The zero-order valence-corrected chi connectivity index (χ0v) is 15.9. The summed E-state index contributed by atoms with van der Waals surface area (Å²) in [6.07, 6.45) is 0.721. The van der Waals surface area contributed by atoms with E-state index >= 15 is 0 Å². The molecule has 0 radical (unpaired) electrons. The van der Waals surface area contributed by atoms with Gasteiger partial charge in [-0.15, -0.1) is 0 Å². The fourth-order valence-corrected chi connectivity index (χ4v) is 2.45. The minimum absolute atomic E-state index is 0.0768. The summed E-state index contributed by atoms with van der Waals surface area (Å²) in [5.74, 6) is -0.0768. The molecule has 0 spiro atoms. The number of aromatic nitrogens is 5. The van der Waals surface area contributed by atoms with E-state index in [1.54, 1.807) is 17.1 Å². The number of rotatable bonds is 3. The standard InChI is InChI=1S/C17H16ClF3N6O/c1-16(2,3)26-9-11(7-23-26)25-12-8-24-27(15(28)14(12)18)13-5-4-10(6-22-13)17(19,20)21/h4-9,25H,1-3H3. The maximum absolute atomic E-state index is 12.6. The first-order valence-corrected chi connectivity index (χ1v) is 8.48. The fraction of sp³-hybridized carbons (Fsp3) is 0.294. The molecule has 0 aliphatic heterocycles. The molecule has 0 aliphatic rings. The van der Waals surface area contributed by atoms with Crippen molar-refractivity contribution in [3.8, 4) is 5.82 Å². The molecule has 28 heavy (non-hydrogen) atoms. The van der Waals surface area contributed by atoms with Crippen LogP contribution in [0.2, 0.25) is 5.02 Å². The fourth-order valence-electron chi connectivity index (χ4n) is 2.27. The number of hydrogen-bond acceptors (Lipinski definition) is 5. The Kier molecular flexibility index (Phi) is 4.92. The van der Waals surface area contributed by atoms with Crippen LogP contribution in [-0.2, 0) is 11.7 Å². The third-order valence-electron chi connectivity index (χ3n) is 3.76. The molecule has 0 bridgehead atoms. The summed E-state index contributed by atoms with van der Waals surface area (Å²) in [4.78, 5) is 16.1. The van der Waals surface area contributed by atoms with Gasteiger partial charge in [-0.05, 0) is 32.9 Å². The van der Waals surface area contributed by atoms with Crippen LogP contribution in [0.15, 0.2) is 41.7 Å². The minimum Gasteiger partial charge on any atom is -0.350 e. The van der Waals surface area contributed by atoms with E-state index in [4.69, 9.17) is 11.6 Å². The summed E-state index contributed by atoms with van der Waals surface area (Å²) in [5.41, 5.74) is -1.03. The zero-order valence-electron chi connectivity index (χ0n) is 15.1. The highest BCUT2D eigenvalue weighted by Crippen LogP contribution is 2.29. The van der Waals surface area contributed by atoms with Crippen LogP contribution in [-0.4, -0.2) is 24.5 Å². The topological polar surface area (TPSA) is 77.6 Å². The van der Waals surface area contributed by atoms with Crippen molar-refractivity contribution >= 4 is 23.0 Å². The van der Waals surface area contributed by atoms with Gasteiger partial charge in [-0.1, -0.05) is 11.6 Å². The van der Waals surface area contributed by atoms with Crippen LogP contribution in [0.5, 0.6) is 0 Å². The second-order valence-corrected chi connectivity index (χ2v) is 7.34. The second-order valence-electron chi connectivity index (χ2n) is 6.96. The predicted octanol–water partition coefficient (Wildman–Crippen LogP) is 3.99. The summed E-state index contributed by atoms with van der Waals surface area (Å²) in [7, 11) is 0. The van der Waals surface area contributed by atoms with E-state index in [-0.39, 0.29) is 22.1 Å². The molecular weight excluding hydrogens is 397 g/mol. The van der Waals surface area contributed by atoms with Crippen molar-refractivity contribution < 1.29 is 13.2 Å². The van der Waals surface area contributed by atoms with Crippen molar-refractivity contribution in [1.29, 1.82) is 0 Å². The molecule has 3 aromatic heterocycles. The number of alkyl halides is 3. The van der Waals surface area contributed by atoms with Gasteiger partial charge in [-0.25, -0.2) is 4.98 Å². The Morgan fingerprint density at radius 3 is 2.32 bits per heavy atom. The van der Waals surface area contributed by atoms with Crippen LogP contribution in [0.4, 0.5) is 24.5 Å². The molecule has 1 N–H and O–H groups in total. The molecule has 3 heterocycles. The van der Waals surface area contributed by atoms with Crippen molar-refractivity contribution in [2.24, 2.45) is 0 Å². The molecule has 0 saturated carbocycles. The van der Waals surface area contributed by atoms with Crippen LogP contribution in [0.1, 0.15) is 26.3 Å². The maximum Gasteiger partial charge on any atom is 0.417 e. The van der Waals surface area contributed by atoms with Gasteiger partial charge in [0.15, 0.2) is 5.82 Å². The summed E-state index contributed by atoms with van der Waals surface area (Å²) in [6, 6.07) is 1.87. The SMILES string of the molecule is CC(C)(C)n1cc(Nc2cnn(-c3ccc(C(F)(F)F)cn3)c(=O)c2Cl)cn1. The van der Waals surface area contributed by atoms with Gasteiger partial charge < -0.3 is 5.32 Å². The quantitative estimate of drug-likeness (QED) is 0.703. The van der Waals surface area contributed by atoms with Gasteiger partial charge >= 0.3 is 6.18 Å². The number of hydrogen-bond donors (Lipinski definition) is 1. The van der Waals surface area contributed by atoms with E-state index in [0.717, 1.165) is 16.8 Å². The van der Waals surface area contributed by atoms with Crippen molar-refractivity contribution in [2.75, 3.05) is 5.32 Å². The first kappa shape index (κ1) is 19.9. The van der Waals surface area contributed by atoms with Gasteiger partial charge in [-0.3, -0.25) is 9.48 Å². The highest BCUT2D eigenvalue weighted by Gasteiger charge is 2.30. The van der Waals surface area contributed by atoms with Gasteiger partial charge in [0.05, 0.1) is 34.9 Å². The van der Waals surface area contributed by atoms with Crippen LogP contribution in [0.3, 0.4) is 0 Å². The molecule has 0 aliphatic carbocycles. The number of pyridine rings is 1. The first-order chi connectivity index (χ1) is 13.0. The number of nitrogens with one attached hydrogen (secondary N) is 1. The highest BCUT2D eigenvalue weighted by molar-refractivity contribution is 6.33. The van der Waals surface area contributed by atoms with Gasteiger partial charge in [0.25, 0.3) is 5.56 Å². The van der Waals surface area contributed by atoms with Gasteiger partial charge in [-0.2, -0.15) is 28.1 Å². The average Bonchev–Trinajstić information content (AvgIpc) is 3.08. The second kappa shape index (κ2) is 6.93. The Bertz CT molecular complexity index is 1050. The number of anilines is 2. The summed E-state index contributed by atoms with van der Waals surface area (Å²) < 4.78 is 40.5. The van der Waals surface area contributed by atoms with Crippen LogP contribution in [0.25, 0.3) is 5.82 Å². The van der Waals surface area contributed by atoms with E-state index in [2.05, 4.69) is 20.5 Å². The lowest BCUT2D eigenvalue weighted by Gasteiger charge is -2.18. The van der Waals surface area contributed by atoms with Crippen molar-refractivity contribution in [3.05, 3.63) is 57.9 Å². The third-order valence-corrected chi connectivity index (χ3v) is 4.13. The Morgan fingerprint density at radius 2 is 1.79 bits per heavy atom. The first-order valence-electron chi connectivity index (χ1n) is 8.10. The molecule has 11 heteroatoms. The summed E-state index contributed by atoms with van der Waals surface area (Å²) in [5, 5.41) is 10.9. The number of halogens is 4. The van der Waals surface area contributed by atoms with E-state index in [9.17, 15) is 18.0 Å². The van der Waals surface area contributed by atoms with Gasteiger partial charge in [0.1, 0.15) is 5.02 Å². The highest BCUT2D eigenvalue weighted by atomic mass is 35.5. The maximum atomic E-state index is 12.6. The summed E-state index contributed by atoms with van der Waals surface area (Å²) >= 11 is 6.13. The predicted molar refractivity (Wildman–Crippen MR) is 98.1 cm³/mol. The third kappa shape index (κ3) is 4.01. The molecule has 0 atom stereocenters. The molecular formula is C17H16ClF3N6O. The van der Waals surface area contributed by atoms with Crippen molar-refractivity contribution in [2.45, 2.75) is 32.5 Å². The lowest BCUT2D eigenvalue weighted by atomic mass is 10.1. The Morgan fingerprint density at radius 1 is 1.07 bits per heavy atom. The lowest BCUT2D eigenvalue weighted by molar-refractivity contribution is -0.137. The molecule has 148 valence electrons. The molecule has 3 aromatic rings. The van der Waals surface area contributed by atoms with E-state index in [0.29, 0.717) is 11.9 Å². The molecule has 3 rings (SSSR count). The normalized spacial score (nSPS) is 12.2. The average molecular weight is 413 g/mol. The van der Waals surface area contributed by atoms with Crippen LogP contribution < -0.4 is 10.9 Å². The molecule has 0 unspecified atom stereocenters. The van der Waals surface area contributed by atoms with Crippen LogP contribution >= 0.6 is 11.6 Å². The zero-order chi connectivity index (χ0) is 20.7. The van der Waals surface area contributed by atoms with E-state index in [1.807, 2.05) is 20.8 Å². The monoisotopic (exact) mass is 412 g/mol. The van der Waals surface area contributed by atoms with Crippen molar-refractivity contribution in [1.82, 2.24) is 24.5 Å². The van der Waals surface area contributed by atoms with E-state index in [1.165, 1.54) is 6.20 Å². The molecule has 0 aromatic carbocycles. The largest absolute Gasteiger partial charge is 0.417 e. The lowest BCUT2D eigenvalue weighted by Crippen LogP contribution is -2.23. The molecule has 0 amide bonds.